The number of nitrogens with zero attached hydrogens (tertiary/aromatic N) is 3. The van der Waals surface area contributed by atoms with Gasteiger partial charge >= 0.3 is 0 Å². The lowest BCUT2D eigenvalue weighted by Crippen LogP contribution is -2.41. The van der Waals surface area contributed by atoms with Crippen molar-refractivity contribution in [3.05, 3.63) is 59.9 Å². The molecule has 0 unspecified atom stereocenters. The van der Waals surface area contributed by atoms with Gasteiger partial charge in [0.05, 0.1) is 24.4 Å². The molecule has 0 aliphatic carbocycles. The van der Waals surface area contributed by atoms with Crippen molar-refractivity contribution in [1.29, 1.82) is 0 Å². The van der Waals surface area contributed by atoms with Crippen molar-refractivity contribution in [3.8, 4) is 17.0 Å². The summed E-state index contributed by atoms with van der Waals surface area (Å²) in [5.41, 5.74) is 4.62. The molecule has 1 aliphatic heterocycles. The maximum absolute atomic E-state index is 14.6. The highest BCUT2D eigenvalue weighted by molar-refractivity contribution is 7.90. The third-order valence-corrected chi connectivity index (χ3v) is 7.42. The Kier molecular flexibility index (Phi) is 7.72. The van der Waals surface area contributed by atoms with E-state index in [1.807, 2.05) is 18.6 Å². The first-order chi connectivity index (χ1) is 18.6. The Morgan fingerprint density at radius 2 is 1.88 bits per heavy atom. The average molecular weight is 578 g/mol. The number of carbonyl (C=O) groups excluding carboxylic acids is 1. The molecule has 0 atom stereocenters. The number of alkyl halides is 2. The molecule has 1 saturated heterocycles. The zero-order valence-electron chi connectivity index (χ0n) is 22.4. The van der Waals surface area contributed by atoms with Crippen molar-refractivity contribution in [1.82, 2.24) is 14.7 Å². The molecule has 0 saturated carbocycles. The van der Waals surface area contributed by atoms with Crippen molar-refractivity contribution in [2.75, 3.05) is 23.8 Å². The lowest BCUT2D eigenvalue weighted by molar-refractivity contribution is 0.0184. The lowest BCUT2D eigenvalue weighted by Gasteiger charge is -2.33. The number of halogens is 3. The molecule has 3 heterocycles. The number of benzene rings is 1. The largest absolute Gasteiger partial charge is 0.493 e. The summed E-state index contributed by atoms with van der Waals surface area (Å²) in [6.45, 7) is 6.60. The van der Waals surface area contributed by atoms with Crippen LogP contribution in [-0.4, -0.2) is 48.9 Å². The number of nitrogens with one attached hydrogen (secondary N) is 1. The van der Waals surface area contributed by atoms with Crippen molar-refractivity contribution in [3.63, 3.8) is 0 Å². The zero-order chi connectivity index (χ0) is 29.5. The normalized spacial score (nSPS) is 16.2. The van der Waals surface area contributed by atoms with Crippen LogP contribution in [0.5, 0.6) is 5.75 Å². The van der Waals surface area contributed by atoms with Gasteiger partial charge < -0.3 is 15.4 Å². The molecule has 3 N–H and O–H groups in total. The van der Waals surface area contributed by atoms with Gasteiger partial charge in [-0.1, -0.05) is 19.9 Å². The second-order valence-corrected chi connectivity index (χ2v) is 12.3. The number of sulfonamides is 1. The summed E-state index contributed by atoms with van der Waals surface area (Å²) in [7, 11) is -4.46. The van der Waals surface area contributed by atoms with Crippen molar-refractivity contribution < 1.29 is 31.1 Å². The van der Waals surface area contributed by atoms with Crippen LogP contribution in [0.25, 0.3) is 11.3 Å². The summed E-state index contributed by atoms with van der Waals surface area (Å²) in [5, 5.41) is -0.492. The van der Waals surface area contributed by atoms with Gasteiger partial charge in [0.15, 0.2) is 5.03 Å². The number of pyridine rings is 2. The van der Waals surface area contributed by atoms with Gasteiger partial charge in [0.2, 0.25) is 0 Å². The van der Waals surface area contributed by atoms with Gasteiger partial charge in [0.1, 0.15) is 23.2 Å². The molecule has 13 heteroatoms. The van der Waals surface area contributed by atoms with Gasteiger partial charge in [-0.15, -0.1) is 0 Å². The Morgan fingerprint density at radius 1 is 1.15 bits per heavy atom. The first kappa shape index (κ1) is 29.1. The Bertz CT molecular complexity index is 1550. The van der Waals surface area contributed by atoms with Crippen LogP contribution in [0.1, 0.15) is 44.5 Å². The first-order valence-electron chi connectivity index (χ1n) is 12.5. The fourth-order valence-corrected chi connectivity index (χ4v) is 5.39. The molecule has 0 radical (unpaired) electrons. The predicted octanol–water partition coefficient (Wildman–Crippen LogP) is 4.64. The zero-order valence-corrected chi connectivity index (χ0v) is 23.2. The fourth-order valence-electron chi connectivity index (χ4n) is 4.45. The fraction of sp³-hybridized carbons (Fsp3) is 0.370. The number of anilines is 2. The number of nitrogens with two attached hydrogens (primary N) is 1. The van der Waals surface area contributed by atoms with Gasteiger partial charge in [-0.05, 0) is 56.2 Å². The third kappa shape index (κ3) is 6.46. The van der Waals surface area contributed by atoms with E-state index in [9.17, 15) is 26.4 Å². The number of hydrogen-bond acceptors (Lipinski definition) is 8. The Balaban J connectivity index is 1.79. The molecule has 1 amide bonds. The second-order valence-electron chi connectivity index (χ2n) is 10.7. The first-order valence-corrected chi connectivity index (χ1v) is 13.9. The molecule has 3 aromatic rings. The summed E-state index contributed by atoms with van der Waals surface area (Å²) < 4.78 is 76.9. The number of ether oxygens (including phenoxy) is 1. The van der Waals surface area contributed by atoms with Crippen molar-refractivity contribution in [2.45, 2.75) is 50.6 Å². The standard InChI is InChI=1S/C27H30F3N5O4S/c1-16(2)13-39-19-11-17(10-18(28)12-19)21-9-8-20(24(32-21)35-15-27(29,30)14-26(35,3)4)25(36)34-40(37,38)23-7-5-6-22(31)33-23/h5-12,16H,13-15H2,1-4H3,(H2,31,33)(H,34,36). The minimum absolute atomic E-state index is 0.0742. The molecule has 2 aromatic heterocycles. The van der Waals surface area contributed by atoms with E-state index >= 15 is 0 Å². The Hall–Kier alpha value is -3.87. The van der Waals surface area contributed by atoms with Crippen LogP contribution >= 0.6 is 0 Å². The van der Waals surface area contributed by atoms with Crippen molar-refractivity contribution in [2.24, 2.45) is 5.92 Å². The molecule has 0 spiro atoms. The quantitative estimate of drug-likeness (QED) is 0.396. The molecular formula is C27H30F3N5O4S. The predicted molar refractivity (Wildman–Crippen MR) is 144 cm³/mol. The SMILES string of the molecule is CC(C)COc1cc(F)cc(-c2ccc(C(=O)NS(=O)(=O)c3cccc(N)n3)c(N3CC(F)(F)CC3(C)C)n2)c1. The topological polar surface area (TPSA) is 128 Å². The number of carbonyl (C=O) groups is 1. The summed E-state index contributed by atoms with van der Waals surface area (Å²) in [6, 6.07) is 10.5. The van der Waals surface area contributed by atoms with Crippen LogP contribution in [-0.2, 0) is 10.0 Å². The van der Waals surface area contributed by atoms with E-state index in [0.29, 0.717) is 6.61 Å². The van der Waals surface area contributed by atoms with E-state index in [0.717, 1.165) is 6.07 Å². The molecule has 1 fully saturated rings. The van der Waals surface area contributed by atoms with Crippen LogP contribution in [0.15, 0.2) is 53.6 Å². The van der Waals surface area contributed by atoms with E-state index in [-0.39, 0.29) is 40.1 Å². The minimum atomic E-state index is -4.46. The van der Waals surface area contributed by atoms with E-state index in [1.54, 1.807) is 19.9 Å². The average Bonchev–Trinajstić information content (AvgIpc) is 3.08. The smallest absolute Gasteiger partial charge is 0.281 e. The molecular weight excluding hydrogens is 547 g/mol. The summed E-state index contributed by atoms with van der Waals surface area (Å²) >= 11 is 0. The Labute approximate surface area is 230 Å². The number of amides is 1. The minimum Gasteiger partial charge on any atom is -0.493 e. The highest BCUT2D eigenvalue weighted by Gasteiger charge is 2.51. The van der Waals surface area contributed by atoms with E-state index in [4.69, 9.17) is 10.5 Å². The van der Waals surface area contributed by atoms with Crippen LogP contribution in [0, 0.1) is 11.7 Å². The highest BCUT2D eigenvalue weighted by Crippen LogP contribution is 2.43. The second kappa shape index (κ2) is 10.6. The highest BCUT2D eigenvalue weighted by atomic mass is 32.2. The van der Waals surface area contributed by atoms with Crippen LogP contribution in [0.4, 0.5) is 24.8 Å². The van der Waals surface area contributed by atoms with Gasteiger partial charge in [-0.2, -0.15) is 8.42 Å². The van der Waals surface area contributed by atoms with Crippen LogP contribution in [0.2, 0.25) is 0 Å². The van der Waals surface area contributed by atoms with E-state index in [1.165, 1.54) is 41.3 Å². The molecule has 40 heavy (non-hydrogen) atoms. The summed E-state index contributed by atoms with van der Waals surface area (Å²) in [5.74, 6) is -4.62. The maximum atomic E-state index is 14.6. The van der Waals surface area contributed by atoms with E-state index in [2.05, 4.69) is 9.97 Å². The molecule has 4 rings (SSSR count). The number of nitrogen functional groups attached to an aromatic ring is 1. The van der Waals surface area contributed by atoms with Crippen LogP contribution < -0.4 is 20.1 Å². The van der Waals surface area contributed by atoms with Gasteiger partial charge in [-0.3, -0.25) is 4.79 Å². The van der Waals surface area contributed by atoms with Crippen molar-refractivity contribution >= 4 is 27.6 Å². The lowest BCUT2D eigenvalue weighted by atomic mass is 10.00. The number of hydrogen-bond donors (Lipinski definition) is 2. The number of aromatic nitrogens is 2. The molecule has 0 bridgehead atoms. The Morgan fingerprint density at radius 3 is 2.50 bits per heavy atom. The van der Waals surface area contributed by atoms with Gasteiger partial charge in [0.25, 0.3) is 21.9 Å². The molecule has 214 valence electrons. The van der Waals surface area contributed by atoms with E-state index < -0.39 is 51.2 Å². The van der Waals surface area contributed by atoms with Crippen LogP contribution in [0.3, 0.4) is 0 Å². The third-order valence-electron chi connectivity index (χ3n) is 6.18. The molecule has 1 aliphatic rings. The molecule has 9 nitrogen and oxygen atoms in total. The van der Waals surface area contributed by atoms with Gasteiger partial charge in [0, 0.05) is 23.6 Å². The maximum Gasteiger partial charge on any atom is 0.281 e. The number of rotatable bonds is 8. The summed E-state index contributed by atoms with van der Waals surface area (Å²) in [6.07, 6.45) is -0.522. The summed E-state index contributed by atoms with van der Waals surface area (Å²) in [4.78, 5) is 22.8. The molecule has 1 aromatic carbocycles. The van der Waals surface area contributed by atoms with Gasteiger partial charge in [-0.25, -0.2) is 27.9 Å². The monoisotopic (exact) mass is 577 g/mol.